The zero-order chi connectivity index (χ0) is 13.1. The molecule has 18 heavy (non-hydrogen) atoms. The van der Waals surface area contributed by atoms with Gasteiger partial charge in [0.1, 0.15) is 11.3 Å². The number of amides is 1. The van der Waals surface area contributed by atoms with Crippen molar-refractivity contribution >= 4 is 44.7 Å². The molecule has 0 saturated carbocycles. The van der Waals surface area contributed by atoms with Crippen LogP contribution in [0.15, 0.2) is 39.5 Å². The minimum absolute atomic E-state index is 0.184. The van der Waals surface area contributed by atoms with Crippen LogP contribution in [0, 0.1) is 0 Å². The van der Waals surface area contributed by atoms with E-state index in [2.05, 4.69) is 30.9 Å². The van der Waals surface area contributed by atoms with Gasteiger partial charge in [-0.2, -0.15) is 0 Å². The molecule has 0 aliphatic rings. The van der Waals surface area contributed by atoms with Crippen molar-refractivity contribution in [2.24, 2.45) is 5.73 Å². The maximum atomic E-state index is 11.8. The first-order valence-electron chi connectivity index (χ1n) is 4.89. The van der Waals surface area contributed by atoms with Gasteiger partial charge in [-0.3, -0.25) is 4.79 Å². The van der Waals surface area contributed by atoms with E-state index in [-0.39, 0.29) is 16.6 Å². The number of nitrogens with one attached hydrogen (secondary N) is 1. The van der Waals surface area contributed by atoms with Crippen molar-refractivity contribution in [2.45, 2.75) is 0 Å². The molecule has 5 nitrogen and oxygen atoms in total. The first-order chi connectivity index (χ1) is 8.58. The zero-order valence-corrected chi connectivity index (χ0v) is 11.4. The monoisotopic (exact) mass is 325 g/mol. The van der Waals surface area contributed by atoms with Crippen molar-refractivity contribution in [3.8, 4) is 0 Å². The Balaban J connectivity index is 2.31. The number of rotatable bonds is 3. The van der Waals surface area contributed by atoms with Gasteiger partial charge in [0.05, 0.1) is 5.69 Å². The lowest BCUT2D eigenvalue weighted by molar-refractivity contribution is 0.101. The van der Waals surface area contributed by atoms with Gasteiger partial charge in [0.2, 0.25) is 0 Å². The highest BCUT2D eigenvalue weighted by Crippen LogP contribution is 2.22. The summed E-state index contributed by atoms with van der Waals surface area (Å²) in [6, 6.07) is 6.70. The third kappa shape index (κ3) is 2.74. The summed E-state index contributed by atoms with van der Waals surface area (Å²) in [6.45, 7) is 0. The fourth-order valence-corrected chi connectivity index (χ4v) is 1.89. The Morgan fingerprint density at radius 2 is 2.22 bits per heavy atom. The maximum Gasteiger partial charge on any atom is 0.277 e. The van der Waals surface area contributed by atoms with Crippen molar-refractivity contribution in [1.82, 2.24) is 5.16 Å². The summed E-state index contributed by atoms with van der Waals surface area (Å²) >= 11 is 8.24. The predicted octanol–water partition coefficient (Wildman–Crippen LogP) is 2.32. The van der Waals surface area contributed by atoms with Crippen molar-refractivity contribution < 1.29 is 9.32 Å². The van der Waals surface area contributed by atoms with E-state index in [4.69, 9.17) is 18.0 Å². The molecular weight excluding hydrogens is 318 g/mol. The Hall–Kier alpha value is -1.73. The molecule has 0 fully saturated rings. The summed E-state index contributed by atoms with van der Waals surface area (Å²) < 4.78 is 5.41. The number of hydrogen-bond donors (Lipinski definition) is 2. The van der Waals surface area contributed by atoms with Crippen LogP contribution in [0.1, 0.15) is 16.1 Å². The average molecular weight is 326 g/mol. The highest BCUT2D eigenvalue weighted by molar-refractivity contribution is 9.10. The molecule has 7 heteroatoms. The zero-order valence-electron chi connectivity index (χ0n) is 9.01. The number of thiocarbonyl (C=S) groups is 1. The Bertz CT molecular complexity index is 598. The molecule has 0 bridgehead atoms. The summed E-state index contributed by atoms with van der Waals surface area (Å²) in [4.78, 5) is 12.0. The number of anilines is 1. The van der Waals surface area contributed by atoms with E-state index in [1.165, 1.54) is 12.3 Å². The Kier molecular flexibility index (Phi) is 3.73. The number of hydrogen-bond acceptors (Lipinski definition) is 4. The first kappa shape index (κ1) is 12.7. The average Bonchev–Trinajstić information content (AvgIpc) is 2.81. The van der Waals surface area contributed by atoms with Crippen LogP contribution < -0.4 is 11.1 Å². The lowest BCUT2D eigenvalue weighted by Gasteiger charge is -2.09. The molecular formula is C11H8BrN3O2S. The number of carbonyl (C=O) groups is 1. The molecule has 1 aromatic carbocycles. The SMILES string of the molecule is NC(=S)c1ccc(Br)cc1NC(=O)c1ccon1. The number of aromatic nitrogens is 1. The quantitative estimate of drug-likeness (QED) is 0.846. The Labute approximate surface area is 116 Å². The minimum Gasteiger partial charge on any atom is -0.389 e. The number of benzene rings is 1. The molecule has 0 aliphatic carbocycles. The molecule has 0 spiro atoms. The van der Waals surface area contributed by atoms with E-state index in [9.17, 15) is 4.79 Å². The highest BCUT2D eigenvalue weighted by Gasteiger charge is 2.13. The molecule has 0 unspecified atom stereocenters. The molecule has 3 N–H and O–H groups in total. The van der Waals surface area contributed by atoms with Crippen molar-refractivity contribution in [2.75, 3.05) is 5.32 Å². The van der Waals surface area contributed by atoms with Gasteiger partial charge in [-0.25, -0.2) is 0 Å². The second-order valence-corrected chi connectivity index (χ2v) is 4.75. The van der Waals surface area contributed by atoms with E-state index < -0.39 is 0 Å². The molecule has 0 radical (unpaired) electrons. The number of nitrogens with two attached hydrogens (primary N) is 1. The van der Waals surface area contributed by atoms with Crippen LogP contribution in [0.4, 0.5) is 5.69 Å². The molecule has 0 aliphatic heterocycles. The highest BCUT2D eigenvalue weighted by atomic mass is 79.9. The molecule has 2 rings (SSSR count). The molecule has 92 valence electrons. The van der Waals surface area contributed by atoms with Crippen LogP contribution in [-0.2, 0) is 0 Å². The van der Waals surface area contributed by atoms with Crippen molar-refractivity contribution in [3.63, 3.8) is 0 Å². The molecule has 2 aromatic rings. The molecule has 0 atom stereocenters. The van der Waals surface area contributed by atoms with Crippen LogP contribution in [0.5, 0.6) is 0 Å². The van der Waals surface area contributed by atoms with E-state index in [0.717, 1.165) is 4.47 Å². The Morgan fingerprint density at radius 3 is 2.83 bits per heavy atom. The van der Waals surface area contributed by atoms with Gasteiger partial charge in [-0.1, -0.05) is 33.3 Å². The molecule has 0 saturated heterocycles. The van der Waals surface area contributed by atoms with E-state index in [0.29, 0.717) is 11.3 Å². The predicted molar refractivity (Wildman–Crippen MR) is 74.5 cm³/mol. The summed E-state index contributed by atoms with van der Waals surface area (Å²) in [5.41, 5.74) is 6.88. The fourth-order valence-electron chi connectivity index (χ4n) is 1.35. The number of halogens is 1. The van der Waals surface area contributed by atoms with E-state index in [1.54, 1.807) is 18.2 Å². The smallest absolute Gasteiger partial charge is 0.277 e. The summed E-state index contributed by atoms with van der Waals surface area (Å²) in [5.74, 6) is -0.389. The normalized spacial score (nSPS) is 10.1. The third-order valence-electron chi connectivity index (χ3n) is 2.17. The van der Waals surface area contributed by atoms with Gasteiger partial charge >= 0.3 is 0 Å². The number of nitrogens with zero attached hydrogens (tertiary/aromatic N) is 1. The van der Waals surface area contributed by atoms with Crippen LogP contribution in [-0.4, -0.2) is 16.1 Å². The Morgan fingerprint density at radius 1 is 1.44 bits per heavy atom. The van der Waals surface area contributed by atoms with Crippen molar-refractivity contribution in [1.29, 1.82) is 0 Å². The van der Waals surface area contributed by atoms with E-state index in [1.807, 2.05) is 0 Å². The van der Waals surface area contributed by atoms with Crippen LogP contribution in [0.3, 0.4) is 0 Å². The third-order valence-corrected chi connectivity index (χ3v) is 2.88. The fraction of sp³-hybridized carbons (Fsp3) is 0. The topological polar surface area (TPSA) is 81.1 Å². The maximum absolute atomic E-state index is 11.8. The second kappa shape index (κ2) is 5.28. The van der Waals surface area contributed by atoms with Gasteiger partial charge in [-0.15, -0.1) is 0 Å². The largest absolute Gasteiger partial charge is 0.389 e. The van der Waals surface area contributed by atoms with Crippen molar-refractivity contribution in [3.05, 3.63) is 46.3 Å². The summed E-state index contributed by atoms with van der Waals surface area (Å²) in [7, 11) is 0. The number of carbonyl (C=O) groups excluding carboxylic acids is 1. The summed E-state index contributed by atoms with van der Waals surface area (Å²) in [5, 5.41) is 6.22. The van der Waals surface area contributed by atoms with Gasteiger partial charge in [0, 0.05) is 16.1 Å². The van der Waals surface area contributed by atoms with Crippen LogP contribution in [0.2, 0.25) is 0 Å². The van der Waals surface area contributed by atoms with Crippen LogP contribution in [0.25, 0.3) is 0 Å². The van der Waals surface area contributed by atoms with Gasteiger partial charge in [-0.05, 0) is 18.2 Å². The standard InChI is InChI=1S/C11H8BrN3O2S/c12-6-1-2-7(10(13)18)9(5-6)14-11(16)8-3-4-17-15-8/h1-5H,(H2,13,18)(H,14,16). The lowest BCUT2D eigenvalue weighted by atomic mass is 10.1. The minimum atomic E-state index is -0.389. The molecule has 1 aromatic heterocycles. The first-order valence-corrected chi connectivity index (χ1v) is 6.09. The van der Waals surface area contributed by atoms with E-state index >= 15 is 0 Å². The lowest BCUT2D eigenvalue weighted by Crippen LogP contribution is -2.17. The molecule has 1 amide bonds. The van der Waals surface area contributed by atoms with Crippen LogP contribution >= 0.6 is 28.1 Å². The second-order valence-electron chi connectivity index (χ2n) is 3.39. The van der Waals surface area contributed by atoms with Gasteiger partial charge in [0.15, 0.2) is 5.69 Å². The van der Waals surface area contributed by atoms with Gasteiger partial charge in [0.25, 0.3) is 5.91 Å². The van der Waals surface area contributed by atoms with Gasteiger partial charge < -0.3 is 15.6 Å². The summed E-state index contributed by atoms with van der Waals surface area (Å²) in [6.07, 6.45) is 1.32. The molecule has 1 heterocycles.